The summed E-state index contributed by atoms with van der Waals surface area (Å²) in [5.74, 6) is 0.373. The summed E-state index contributed by atoms with van der Waals surface area (Å²) in [6, 6.07) is 0. The maximum absolute atomic E-state index is 5.64. The van der Waals surface area contributed by atoms with E-state index in [9.17, 15) is 0 Å². The Morgan fingerprint density at radius 2 is 2.54 bits per heavy atom. The van der Waals surface area contributed by atoms with Crippen molar-refractivity contribution in [2.24, 2.45) is 18.7 Å². The number of aromatic nitrogens is 2. The van der Waals surface area contributed by atoms with E-state index in [0.717, 1.165) is 19.3 Å². The molecular weight excluding hydrogens is 182 g/mol. The van der Waals surface area contributed by atoms with Crippen molar-refractivity contribution < 1.29 is 0 Å². The monoisotopic (exact) mass is 195 g/mol. The van der Waals surface area contributed by atoms with E-state index >= 15 is 0 Å². The van der Waals surface area contributed by atoms with Gasteiger partial charge in [-0.15, -0.1) is 0 Å². The van der Waals surface area contributed by atoms with Crippen LogP contribution in [0.4, 0.5) is 0 Å². The molecule has 2 N–H and O–H groups in total. The second-order valence-corrected chi connectivity index (χ2v) is 4.05. The van der Waals surface area contributed by atoms with Crippen LogP contribution in [0.15, 0.2) is 6.20 Å². The van der Waals surface area contributed by atoms with E-state index in [1.54, 1.807) is 0 Å². The molecule has 4 heteroatoms. The van der Waals surface area contributed by atoms with Crippen LogP contribution in [0.5, 0.6) is 0 Å². The van der Waals surface area contributed by atoms with Crippen LogP contribution in [0, 0.1) is 5.92 Å². The van der Waals surface area contributed by atoms with Crippen LogP contribution in [0.1, 0.15) is 17.7 Å². The quantitative estimate of drug-likeness (QED) is 0.674. The largest absolute Gasteiger partial charge is 0.393 e. The maximum atomic E-state index is 5.64. The smallest absolute Gasteiger partial charge is 0.0762 e. The molecule has 1 aliphatic carbocycles. The summed E-state index contributed by atoms with van der Waals surface area (Å²) >= 11 is 5.01. The second kappa shape index (κ2) is 3.10. The Bertz CT molecular complexity index is 343. The van der Waals surface area contributed by atoms with Crippen LogP contribution >= 0.6 is 12.2 Å². The summed E-state index contributed by atoms with van der Waals surface area (Å²) in [6.45, 7) is 0. The van der Waals surface area contributed by atoms with Crippen molar-refractivity contribution in [1.29, 1.82) is 0 Å². The average Bonchev–Trinajstić information content (AvgIpc) is 2.47. The molecule has 0 spiro atoms. The van der Waals surface area contributed by atoms with Crippen molar-refractivity contribution in [2.45, 2.75) is 19.3 Å². The zero-order valence-electron chi connectivity index (χ0n) is 7.66. The van der Waals surface area contributed by atoms with Gasteiger partial charge in [-0.1, -0.05) is 12.2 Å². The van der Waals surface area contributed by atoms with Gasteiger partial charge in [-0.05, 0) is 24.8 Å². The van der Waals surface area contributed by atoms with E-state index in [0.29, 0.717) is 10.9 Å². The molecule has 2 rings (SSSR count). The van der Waals surface area contributed by atoms with E-state index in [1.807, 2.05) is 17.9 Å². The molecule has 0 saturated carbocycles. The van der Waals surface area contributed by atoms with Gasteiger partial charge < -0.3 is 5.73 Å². The number of nitrogens with two attached hydrogens (primary N) is 1. The lowest BCUT2D eigenvalue weighted by Crippen LogP contribution is -2.27. The minimum absolute atomic E-state index is 0.373. The molecule has 0 saturated heterocycles. The van der Waals surface area contributed by atoms with Crippen LogP contribution < -0.4 is 5.73 Å². The number of rotatable bonds is 1. The van der Waals surface area contributed by atoms with Gasteiger partial charge in [-0.25, -0.2) is 0 Å². The van der Waals surface area contributed by atoms with Gasteiger partial charge in [0.25, 0.3) is 0 Å². The third-order valence-electron chi connectivity index (χ3n) is 2.75. The summed E-state index contributed by atoms with van der Waals surface area (Å²) in [5, 5.41) is 4.22. The third kappa shape index (κ3) is 1.46. The SMILES string of the molecule is Cn1ncc2c1C[C@H](C(N)=S)CC2. The van der Waals surface area contributed by atoms with E-state index in [4.69, 9.17) is 18.0 Å². The van der Waals surface area contributed by atoms with Crippen LogP contribution in [0.2, 0.25) is 0 Å². The Hall–Kier alpha value is -0.900. The lowest BCUT2D eigenvalue weighted by molar-refractivity contribution is 0.553. The fraction of sp³-hybridized carbons (Fsp3) is 0.556. The van der Waals surface area contributed by atoms with Gasteiger partial charge in [0.15, 0.2) is 0 Å². The molecule has 0 aliphatic heterocycles. The highest BCUT2D eigenvalue weighted by Crippen LogP contribution is 2.24. The molecule has 0 bridgehead atoms. The first-order valence-electron chi connectivity index (χ1n) is 4.47. The maximum Gasteiger partial charge on any atom is 0.0762 e. The molecule has 1 aliphatic rings. The molecule has 1 atom stereocenters. The molecule has 1 aromatic heterocycles. The summed E-state index contributed by atoms with van der Waals surface area (Å²) in [4.78, 5) is 0.645. The molecule has 70 valence electrons. The van der Waals surface area contributed by atoms with E-state index in [2.05, 4.69) is 5.10 Å². The molecule has 0 unspecified atom stereocenters. The molecule has 1 aromatic rings. The highest BCUT2D eigenvalue weighted by molar-refractivity contribution is 7.80. The zero-order valence-corrected chi connectivity index (χ0v) is 8.47. The Morgan fingerprint density at radius 3 is 3.23 bits per heavy atom. The Labute approximate surface area is 82.9 Å². The van der Waals surface area contributed by atoms with Gasteiger partial charge in [0.1, 0.15) is 0 Å². The molecule has 13 heavy (non-hydrogen) atoms. The van der Waals surface area contributed by atoms with Gasteiger partial charge in [0, 0.05) is 18.7 Å². The normalized spacial score (nSPS) is 21.2. The Morgan fingerprint density at radius 1 is 1.77 bits per heavy atom. The first-order chi connectivity index (χ1) is 6.18. The molecule has 3 nitrogen and oxygen atoms in total. The van der Waals surface area contributed by atoms with E-state index in [1.165, 1.54) is 11.3 Å². The number of hydrogen-bond donors (Lipinski definition) is 1. The van der Waals surface area contributed by atoms with Gasteiger partial charge >= 0.3 is 0 Å². The van der Waals surface area contributed by atoms with E-state index in [-0.39, 0.29) is 0 Å². The van der Waals surface area contributed by atoms with Crippen LogP contribution in [0.25, 0.3) is 0 Å². The second-order valence-electron chi connectivity index (χ2n) is 3.58. The van der Waals surface area contributed by atoms with E-state index < -0.39 is 0 Å². The minimum atomic E-state index is 0.373. The minimum Gasteiger partial charge on any atom is -0.393 e. The predicted octanol–water partition coefficient (Wildman–Crippen LogP) is 0.811. The number of fused-ring (bicyclic) bond motifs is 1. The first-order valence-corrected chi connectivity index (χ1v) is 4.88. The predicted molar refractivity (Wildman–Crippen MR) is 55.5 cm³/mol. The molecular formula is C9H13N3S. The summed E-state index contributed by atoms with van der Waals surface area (Å²) in [5.41, 5.74) is 8.30. The van der Waals surface area contributed by atoms with Crippen molar-refractivity contribution in [2.75, 3.05) is 0 Å². The molecule has 0 amide bonds. The zero-order chi connectivity index (χ0) is 9.42. The van der Waals surface area contributed by atoms with Crippen LogP contribution in [0.3, 0.4) is 0 Å². The van der Waals surface area contributed by atoms with Gasteiger partial charge in [-0.2, -0.15) is 5.10 Å². The lowest BCUT2D eigenvalue weighted by atomic mass is 9.88. The molecule has 0 fully saturated rings. The number of hydrogen-bond acceptors (Lipinski definition) is 2. The standard InChI is InChI=1S/C9H13N3S/c1-12-8-4-6(9(10)13)2-3-7(8)5-11-12/h5-6H,2-4H2,1H3,(H2,10,13)/t6-/m1/s1. The van der Waals surface area contributed by atoms with Crippen LogP contribution in [-0.4, -0.2) is 14.8 Å². The Balaban J connectivity index is 2.27. The lowest BCUT2D eigenvalue weighted by Gasteiger charge is -2.21. The van der Waals surface area contributed by atoms with Crippen molar-refractivity contribution in [3.8, 4) is 0 Å². The highest BCUT2D eigenvalue weighted by atomic mass is 32.1. The summed E-state index contributed by atoms with van der Waals surface area (Å²) in [7, 11) is 1.97. The van der Waals surface area contributed by atoms with Crippen molar-refractivity contribution in [3.63, 3.8) is 0 Å². The average molecular weight is 195 g/mol. The fourth-order valence-corrected chi connectivity index (χ4v) is 2.09. The number of aryl methyl sites for hydroxylation is 2. The third-order valence-corrected chi connectivity index (χ3v) is 3.09. The fourth-order valence-electron chi connectivity index (χ4n) is 1.89. The van der Waals surface area contributed by atoms with Crippen molar-refractivity contribution >= 4 is 17.2 Å². The first kappa shape index (κ1) is 8.69. The Kier molecular flexibility index (Phi) is 2.07. The topological polar surface area (TPSA) is 43.8 Å². The van der Waals surface area contributed by atoms with Crippen molar-refractivity contribution in [1.82, 2.24) is 9.78 Å². The van der Waals surface area contributed by atoms with Crippen molar-refractivity contribution in [3.05, 3.63) is 17.5 Å². The summed E-state index contributed by atoms with van der Waals surface area (Å²) < 4.78 is 1.93. The number of thiocarbonyl (C=S) groups is 1. The molecule has 0 radical (unpaired) electrons. The number of nitrogens with zero attached hydrogens (tertiary/aromatic N) is 2. The molecule has 0 aromatic carbocycles. The van der Waals surface area contributed by atoms with Crippen LogP contribution in [-0.2, 0) is 19.9 Å². The van der Waals surface area contributed by atoms with Gasteiger partial charge in [0.2, 0.25) is 0 Å². The van der Waals surface area contributed by atoms with Gasteiger partial charge in [-0.3, -0.25) is 4.68 Å². The molecule has 1 heterocycles. The highest BCUT2D eigenvalue weighted by Gasteiger charge is 2.22. The summed E-state index contributed by atoms with van der Waals surface area (Å²) in [6.07, 6.45) is 5.05. The van der Waals surface area contributed by atoms with Gasteiger partial charge in [0.05, 0.1) is 11.2 Å².